The van der Waals surface area contributed by atoms with E-state index in [2.05, 4.69) is 0 Å². The van der Waals surface area contributed by atoms with Gasteiger partial charge in [0.2, 0.25) is 0 Å². The lowest BCUT2D eigenvalue weighted by atomic mass is 10.0. The Bertz CT molecular complexity index is 868. The second-order valence-electron chi connectivity index (χ2n) is 5.51. The topological polar surface area (TPSA) is 173 Å². The van der Waals surface area contributed by atoms with E-state index < -0.39 is 42.4 Å². The SMILES string of the molecule is O=[N+]([O-])c1ccc(CCCc2ccc([N+](=O)[O-])cc2[N+](=O)[O-])c([N+](=O)[O-])c1. The lowest BCUT2D eigenvalue weighted by Crippen LogP contribution is -2.01. The van der Waals surface area contributed by atoms with E-state index in [4.69, 9.17) is 0 Å². The maximum Gasteiger partial charge on any atom is 0.279 e. The highest BCUT2D eigenvalue weighted by molar-refractivity contribution is 5.50. The van der Waals surface area contributed by atoms with Crippen LogP contribution in [0.3, 0.4) is 0 Å². The molecule has 27 heavy (non-hydrogen) atoms. The monoisotopic (exact) mass is 376 g/mol. The molecule has 0 heterocycles. The maximum absolute atomic E-state index is 11.1. The van der Waals surface area contributed by atoms with Gasteiger partial charge < -0.3 is 0 Å². The number of benzene rings is 2. The van der Waals surface area contributed by atoms with Crippen LogP contribution in [-0.2, 0) is 12.8 Å². The summed E-state index contributed by atoms with van der Waals surface area (Å²) in [6, 6.07) is 6.58. The van der Waals surface area contributed by atoms with Crippen molar-refractivity contribution in [2.45, 2.75) is 19.3 Å². The number of nitro benzene ring substituents is 4. The average Bonchev–Trinajstić information content (AvgIpc) is 2.61. The van der Waals surface area contributed by atoms with Crippen molar-refractivity contribution in [1.82, 2.24) is 0 Å². The molecule has 0 saturated heterocycles. The van der Waals surface area contributed by atoms with Crippen molar-refractivity contribution in [3.63, 3.8) is 0 Å². The van der Waals surface area contributed by atoms with E-state index >= 15 is 0 Å². The molecule has 0 aliphatic rings. The lowest BCUT2D eigenvalue weighted by molar-refractivity contribution is -0.394. The predicted molar refractivity (Wildman–Crippen MR) is 91.5 cm³/mol. The smallest absolute Gasteiger partial charge is 0.258 e. The van der Waals surface area contributed by atoms with Crippen molar-refractivity contribution < 1.29 is 19.7 Å². The van der Waals surface area contributed by atoms with Crippen molar-refractivity contribution in [3.05, 3.63) is 88.0 Å². The van der Waals surface area contributed by atoms with Gasteiger partial charge in [0, 0.05) is 23.3 Å². The highest BCUT2D eigenvalue weighted by Gasteiger charge is 2.21. The Hall–Kier alpha value is -3.96. The molecule has 0 N–H and O–H groups in total. The van der Waals surface area contributed by atoms with E-state index in [9.17, 15) is 40.5 Å². The van der Waals surface area contributed by atoms with E-state index in [1.165, 1.54) is 12.1 Å². The summed E-state index contributed by atoms with van der Waals surface area (Å²) in [6.07, 6.45) is 0.586. The van der Waals surface area contributed by atoms with Gasteiger partial charge >= 0.3 is 0 Å². The zero-order valence-corrected chi connectivity index (χ0v) is 13.6. The molecule has 140 valence electrons. The summed E-state index contributed by atoms with van der Waals surface area (Å²) in [6.45, 7) is 0. The number of non-ortho nitro benzene ring substituents is 2. The number of rotatable bonds is 8. The van der Waals surface area contributed by atoms with Crippen molar-refractivity contribution in [1.29, 1.82) is 0 Å². The maximum atomic E-state index is 11.1. The van der Waals surface area contributed by atoms with Crippen LogP contribution in [0.4, 0.5) is 22.7 Å². The molecule has 0 aromatic heterocycles. The molecule has 12 heteroatoms. The Morgan fingerprint density at radius 3 is 1.26 bits per heavy atom. The van der Waals surface area contributed by atoms with Gasteiger partial charge in [-0.05, 0) is 31.4 Å². The number of nitro groups is 4. The molecular weight excluding hydrogens is 364 g/mol. The Kier molecular flexibility index (Phi) is 5.70. The van der Waals surface area contributed by atoms with Gasteiger partial charge in [-0.2, -0.15) is 0 Å². The van der Waals surface area contributed by atoms with Crippen LogP contribution in [0.15, 0.2) is 36.4 Å². The molecule has 0 bridgehead atoms. The first-order valence-corrected chi connectivity index (χ1v) is 7.54. The average molecular weight is 376 g/mol. The molecule has 2 rings (SSSR count). The molecule has 0 radical (unpaired) electrons. The third-order valence-corrected chi connectivity index (χ3v) is 3.85. The molecule has 0 unspecified atom stereocenters. The normalized spacial score (nSPS) is 10.4. The van der Waals surface area contributed by atoms with Crippen LogP contribution < -0.4 is 0 Å². The molecule has 0 atom stereocenters. The Labute approximate surface area is 150 Å². The third kappa shape index (κ3) is 4.56. The first-order chi connectivity index (χ1) is 12.7. The second kappa shape index (κ2) is 7.95. The van der Waals surface area contributed by atoms with Gasteiger partial charge in [-0.15, -0.1) is 0 Å². The van der Waals surface area contributed by atoms with Gasteiger partial charge in [-0.1, -0.05) is 0 Å². The van der Waals surface area contributed by atoms with Crippen LogP contribution in [0.2, 0.25) is 0 Å². The summed E-state index contributed by atoms with van der Waals surface area (Å²) in [5, 5.41) is 43.7. The van der Waals surface area contributed by atoms with Gasteiger partial charge in [-0.3, -0.25) is 40.5 Å². The summed E-state index contributed by atoms with van der Waals surface area (Å²) in [7, 11) is 0. The molecular formula is C15H12N4O8. The summed E-state index contributed by atoms with van der Waals surface area (Å²) >= 11 is 0. The zero-order valence-electron chi connectivity index (χ0n) is 13.6. The fraction of sp³-hybridized carbons (Fsp3) is 0.200. The number of hydrogen-bond acceptors (Lipinski definition) is 8. The summed E-state index contributed by atoms with van der Waals surface area (Å²) in [5.74, 6) is 0. The van der Waals surface area contributed by atoms with Crippen molar-refractivity contribution in [2.75, 3.05) is 0 Å². The van der Waals surface area contributed by atoms with E-state index in [0.717, 1.165) is 24.3 Å². The predicted octanol–water partition coefficient (Wildman–Crippen LogP) is 3.49. The Morgan fingerprint density at radius 2 is 0.963 bits per heavy atom. The minimum absolute atomic E-state index is 0.155. The van der Waals surface area contributed by atoms with Crippen molar-refractivity contribution in [3.8, 4) is 0 Å². The van der Waals surface area contributed by atoms with Crippen LogP contribution in [0.25, 0.3) is 0 Å². The van der Waals surface area contributed by atoms with Crippen molar-refractivity contribution >= 4 is 22.7 Å². The quantitative estimate of drug-likeness (QED) is 0.497. The molecule has 2 aromatic rings. The van der Waals surface area contributed by atoms with Gasteiger partial charge in [-0.25, -0.2) is 0 Å². The van der Waals surface area contributed by atoms with Crippen LogP contribution in [-0.4, -0.2) is 19.7 Å². The van der Waals surface area contributed by atoms with Gasteiger partial charge in [0.15, 0.2) is 0 Å². The molecule has 12 nitrogen and oxygen atoms in total. The fourth-order valence-corrected chi connectivity index (χ4v) is 2.56. The van der Waals surface area contributed by atoms with Crippen LogP contribution in [0.5, 0.6) is 0 Å². The lowest BCUT2D eigenvalue weighted by Gasteiger charge is -2.05. The van der Waals surface area contributed by atoms with E-state index in [0.29, 0.717) is 0 Å². The van der Waals surface area contributed by atoms with Gasteiger partial charge in [0.05, 0.1) is 31.8 Å². The molecule has 0 saturated carbocycles. The first-order valence-electron chi connectivity index (χ1n) is 7.54. The standard InChI is InChI=1S/C15H12N4O8/c20-16(21)12-6-4-10(14(8-12)18(24)25)2-1-3-11-5-7-13(17(22)23)9-15(11)19(26)27/h4-9H,1-3H2. The van der Waals surface area contributed by atoms with Crippen LogP contribution in [0.1, 0.15) is 17.5 Å². The second-order valence-corrected chi connectivity index (χ2v) is 5.51. The van der Waals surface area contributed by atoms with E-state index in [1.54, 1.807) is 0 Å². The van der Waals surface area contributed by atoms with Gasteiger partial charge in [0.25, 0.3) is 22.7 Å². The molecule has 2 aromatic carbocycles. The van der Waals surface area contributed by atoms with Crippen LogP contribution >= 0.6 is 0 Å². The number of hydrogen-bond donors (Lipinski definition) is 0. The van der Waals surface area contributed by atoms with Crippen LogP contribution in [0, 0.1) is 40.5 Å². The minimum Gasteiger partial charge on any atom is -0.258 e. The summed E-state index contributed by atoms with van der Waals surface area (Å²) in [5.41, 5.74) is -1.09. The summed E-state index contributed by atoms with van der Waals surface area (Å²) in [4.78, 5) is 40.7. The Morgan fingerprint density at radius 1 is 0.593 bits per heavy atom. The molecule has 0 aliphatic carbocycles. The highest BCUT2D eigenvalue weighted by atomic mass is 16.6. The number of aryl methyl sites for hydroxylation is 2. The highest BCUT2D eigenvalue weighted by Crippen LogP contribution is 2.28. The van der Waals surface area contributed by atoms with E-state index in [1.807, 2.05) is 0 Å². The number of nitrogens with zero attached hydrogens (tertiary/aromatic N) is 4. The summed E-state index contributed by atoms with van der Waals surface area (Å²) < 4.78 is 0. The third-order valence-electron chi connectivity index (χ3n) is 3.85. The molecule has 0 spiro atoms. The molecule has 0 fully saturated rings. The molecule has 0 amide bonds. The first kappa shape index (κ1) is 19.4. The molecule has 0 aliphatic heterocycles. The fourth-order valence-electron chi connectivity index (χ4n) is 2.56. The van der Waals surface area contributed by atoms with Crippen molar-refractivity contribution in [2.24, 2.45) is 0 Å². The minimum atomic E-state index is -0.739. The Balaban J connectivity index is 2.19. The zero-order chi connectivity index (χ0) is 20.1. The van der Waals surface area contributed by atoms with E-state index in [-0.39, 0.29) is 30.4 Å². The van der Waals surface area contributed by atoms with Gasteiger partial charge in [0.1, 0.15) is 0 Å². The largest absolute Gasteiger partial charge is 0.279 e.